The van der Waals surface area contributed by atoms with Crippen molar-refractivity contribution in [2.24, 2.45) is 11.7 Å². The first-order valence-corrected chi connectivity index (χ1v) is 7.49. The number of hydrogen-bond donors (Lipinski definition) is 2. The molecule has 1 aliphatic heterocycles. The lowest BCUT2D eigenvalue weighted by molar-refractivity contribution is -0.117. The molecule has 1 aromatic rings. The zero-order valence-corrected chi connectivity index (χ0v) is 15.6. The van der Waals surface area contributed by atoms with Gasteiger partial charge in [0.15, 0.2) is 0 Å². The van der Waals surface area contributed by atoms with Gasteiger partial charge in [0.2, 0.25) is 5.91 Å². The summed E-state index contributed by atoms with van der Waals surface area (Å²) < 4.78 is 0. The predicted molar refractivity (Wildman–Crippen MR) is 98.2 cm³/mol. The summed E-state index contributed by atoms with van der Waals surface area (Å²) in [6, 6.07) is 3.07. The largest absolute Gasteiger partial charge is 0.330 e. The molecule has 2 rings (SSSR count). The van der Waals surface area contributed by atoms with E-state index in [1.165, 1.54) is 6.07 Å². The summed E-state index contributed by atoms with van der Waals surface area (Å²) in [5, 5.41) is 3.84. The average Bonchev–Trinajstić information content (AvgIpc) is 2.83. The summed E-state index contributed by atoms with van der Waals surface area (Å²) in [7, 11) is 0. The van der Waals surface area contributed by atoms with E-state index in [9.17, 15) is 4.79 Å². The molecule has 1 heterocycles. The first kappa shape index (κ1) is 22.1. The van der Waals surface area contributed by atoms with Gasteiger partial charge < -0.3 is 11.1 Å². The van der Waals surface area contributed by atoms with Crippen LogP contribution in [0.5, 0.6) is 0 Å². The molecular weight excluding hydrogens is 391 g/mol. The van der Waals surface area contributed by atoms with Crippen molar-refractivity contribution in [3.63, 3.8) is 0 Å². The van der Waals surface area contributed by atoms with Crippen molar-refractivity contribution < 1.29 is 4.79 Å². The molecule has 0 unspecified atom stereocenters. The summed E-state index contributed by atoms with van der Waals surface area (Å²) in [6.07, 6.45) is 1.04. The maximum absolute atomic E-state index is 12.0. The Labute approximate surface area is 157 Å². The van der Waals surface area contributed by atoms with Crippen LogP contribution < -0.4 is 11.1 Å². The summed E-state index contributed by atoms with van der Waals surface area (Å²) in [5.41, 5.74) is 6.10. The minimum atomic E-state index is -0.122. The van der Waals surface area contributed by atoms with Gasteiger partial charge >= 0.3 is 0 Å². The van der Waals surface area contributed by atoms with Crippen LogP contribution in [0.2, 0.25) is 15.1 Å². The van der Waals surface area contributed by atoms with Gasteiger partial charge in [0.05, 0.1) is 27.3 Å². The van der Waals surface area contributed by atoms with Crippen molar-refractivity contribution in [3.05, 3.63) is 27.2 Å². The molecule has 0 bridgehead atoms. The molecule has 9 heteroatoms. The van der Waals surface area contributed by atoms with Crippen molar-refractivity contribution >= 4 is 71.2 Å². The number of nitrogens with two attached hydrogens (primary N) is 1. The van der Waals surface area contributed by atoms with Crippen molar-refractivity contribution in [1.82, 2.24) is 4.90 Å². The number of likely N-dealkylation sites (tertiary alicyclic amines) is 1. The Morgan fingerprint density at radius 3 is 2.45 bits per heavy atom. The van der Waals surface area contributed by atoms with E-state index < -0.39 is 0 Å². The number of amides is 1. The van der Waals surface area contributed by atoms with Gasteiger partial charge in [0, 0.05) is 6.54 Å². The van der Waals surface area contributed by atoms with Crippen LogP contribution in [0.3, 0.4) is 0 Å². The van der Waals surface area contributed by atoms with E-state index in [1.807, 2.05) is 0 Å². The van der Waals surface area contributed by atoms with Gasteiger partial charge in [0.25, 0.3) is 0 Å². The predicted octanol–water partition coefficient (Wildman–Crippen LogP) is 3.71. The molecular formula is C13H18Cl5N3O. The van der Waals surface area contributed by atoms with Crippen LogP contribution in [0, 0.1) is 5.92 Å². The highest BCUT2D eigenvalue weighted by Gasteiger charge is 2.23. The molecule has 1 aliphatic rings. The molecule has 0 aromatic heterocycles. The lowest BCUT2D eigenvalue weighted by Gasteiger charge is -2.16. The molecule has 126 valence electrons. The number of nitrogens with zero attached hydrogens (tertiary/aromatic N) is 1. The molecule has 0 radical (unpaired) electrons. The van der Waals surface area contributed by atoms with Gasteiger partial charge in [-0.25, -0.2) is 0 Å². The van der Waals surface area contributed by atoms with Crippen molar-refractivity contribution in [2.45, 2.75) is 6.42 Å². The van der Waals surface area contributed by atoms with Gasteiger partial charge in [-0.2, -0.15) is 0 Å². The van der Waals surface area contributed by atoms with E-state index in [-0.39, 0.29) is 30.7 Å². The van der Waals surface area contributed by atoms with Gasteiger partial charge in [-0.05, 0) is 37.6 Å². The minimum Gasteiger partial charge on any atom is -0.330 e. The van der Waals surface area contributed by atoms with E-state index >= 15 is 0 Å². The first-order valence-electron chi connectivity index (χ1n) is 6.36. The Morgan fingerprint density at radius 1 is 1.23 bits per heavy atom. The fourth-order valence-electron chi connectivity index (χ4n) is 2.26. The number of halogens is 5. The number of carbonyl (C=O) groups excluding carboxylic acids is 1. The molecule has 1 fully saturated rings. The van der Waals surface area contributed by atoms with Crippen molar-refractivity contribution in [3.8, 4) is 0 Å². The number of carbonyl (C=O) groups is 1. The molecule has 22 heavy (non-hydrogen) atoms. The molecule has 0 spiro atoms. The Kier molecular flexibility index (Phi) is 10.1. The maximum atomic E-state index is 12.0. The SMILES string of the molecule is Cl.Cl.NC[C@H]1CCN(CC(=O)Nc2cc(Cl)c(Cl)cc2Cl)C1. The smallest absolute Gasteiger partial charge is 0.238 e. The topological polar surface area (TPSA) is 58.4 Å². The van der Waals surface area contributed by atoms with E-state index in [4.69, 9.17) is 40.5 Å². The van der Waals surface area contributed by atoms with Crippen LogP contribution in [0.4, 0.5) is 5.69 Å². The third kappa shape index (κ3) is 5.93. The first-order chi connectivity index (χ1) is 9.49. The average molecular weight is 410 g/mol. The monoisotopic (exact) mass is 407 g/mol. The van der Waals surface area contributed by atoms with Gasteiger partial charge in [-0.1, -0.05) is 34.8 Å². The minimum absolute atomic E-state index is 0. The second kappa shape index (κ2) is 10.0. The molecule has 1 amide bonds. The Bertz CT molecular complexity index is 515. The summed E-state index contributed by atoms with van der Waals surface area (Å²) >= 11 is 17.8. The van der Waals surface area contributed by atoms with Crippen LogP contribution in [-0.2, 0) is 4.79 Å². The highest BCUT2D eigenvalue weighted by atomic mass is 35.5. The van der Waals surface area contributed by atoms with Gasteiger partial charge in [0.1, 0.15) is 0 Å². The van der Waals surface area contributed by atoms with Crippen molar-refractivity contribution in [2.75, 3.05) is 31.5 Å². The van der Waals surface area contributed by atoms with Crippen molar-refractivity contribution in [1.29, 1.82) is 0 Å². The third-order valence-corrected chi connectivity index (χ3v) is 4.39. The van der Waals surface area contributed by atoms with E-state index in [2.05, 4.69) is 10.2 Å². The molecule has 0 aliphatic carbocycles. The van der Waals surface area contributed by atoms with Gasteiger partial charge in [-0.3, -0.25) is 9.69 Å². The second-order valence-corrected chi connectivity index (χ2v) is 6.14. The summed E-state index contributed by atoms with van der Waals surface area (Å²) in [4.78, 5) is 14.1. The molecule has 1 aromatic carbocycles. The normalized spacial score (nSPS) is 17.5. The lowest BCUT2D eigenvalue weighted by atomic mass is 10.1. The molecule has 4 nitrogen and oxygen atoms in total. The zero-order valence-electron chi connectivity index (χ0n) is 11.7. The lowest BCUT2D eigenvalue weighted by Crippen LogP contribution is -2.32. The maximum Gasteiger partial charge on any atom is 0.238 e. The Morgan fingerprint density at radius 2 is 1.86 bits per heavy atom. The fourth-order valence-corrected chi connectivity index (χ4v) is 2.85. The molecule has 1 atom stereocenters. The van der Waals surface area contributed by atoms with E-state index in [0.717, 1.165) is 19.5 Å². The van der Waals surface area contributed by atoms with Crippen LogP contribution in [0.25, 0.3) is 0 Å². The van der Waals surface area contributed by atoms with Crippen LogP contribution in [-0.4, -0.2) is 37.0 Å². The fraction of sp³-hybridized carbons (Fsp3) is 0.462. The number of nitrogens with one attached hydrogen (secondary N) is 1. The second-order valence-electron chi connectivity index (χ2n) is 4.92. The van der Waals surface area contributed by atoms with E-state index in [0.29, 0.717) is 39.8 Å². The zero-order chi connectivity index (χ0) is 14.7. The highest BCUT2D eigenvalue weighted by molar-refractivity contribution is 6.44. The van der Waals surface area contributed by atoms with Crippen LogP contribution in [0.15, 0.2) is 12.1 Å². The number of rotatable bonds is 4. The summed E-state index contributed by atoms with van der Waals surface area (Å²) in [6.45, 7) is 2.74. The van der Waals surface area contributed by atoms with Gasteiger partial charge in [-0.15, -0.1) is 24.8 Å². The summed E-state index contributed by atoms with van der Waals surface area (Å²) in [5.74, 6) is 0.360. The number of hydrogen-bond acceptors (Lipinski definition) is 3. The highest BCUT2D eigenvalue weighted by Crippen LogP contribution is 2.32. The molecule has 0 saturated carbocycles. The Hall–Kier alpha value is 0.0600. The standard InChI is InChI=1S/C13H16Cl3N3O.2ClH/c14-9-3-11(16)12(4-10(9)15)18-13(20)7-19-2-1-8(5-17)6-19;;/h3-4,8H,1-2,5-7,17H2,(H,18,20);2*1H/t8-;;/m1../s1. The molecule has 1 saturated heterocycles. The number of anilines is 1. The van der Waals surface area contributed by atoms with Crippen LogP contribution >= 0.6 is 59.6 Å². The number of benzene rings is 1. The van der Waals surface area contributed by atoms with E-state index in [1.54, 1.807) is 6.07 Å². The molecule has 3 N–H and O–H groups in total. The third-order valence-electron chi connectivity index (χ3n) is 3.35. The Balaban J connectivity index is 0.00000220. The quantitative estimate of drug-likeness (QED) is 0.746. The van der Waals surface area contributed by atoms with Crippen LogP contribution in [0.1, 0.15) is 6.42 Å².